The molecule has 1 rings (SSSR count). The van der Waals surface area contributed by atoms with Crippen molar-refractivity contribution in [2.45, 2.75) is 39.7 Å². The molecule has 0 bridgehead atoms. The van der Waals surface area contributed by atoms with Gasteiger partial charge in [0, 0.05) is 12.6 Å². The van der Waals surface area contributed by atoms with Gasteiger partial charge < -0.3 is 4.74 Å². The minimum atomic E-state index is -0.0965. The molecular weight excluding hydrogens is 190 g/mol. The number of likely N-dealkylation sites (tertiary alicyclic amines) is 1. The lowest BCUT2D eigenvalue weighted by atomic mass is 9.92. The maximum absolute atomic E-state index is 11.3. The van der Waals surface area contributed by atoms with E-state index in [0.717, 1.165) is 19.0 Å². The van der Waals surface area contributed by atoms with Crippen LogP contribution in [-0.2, 0) is 9.53 Å². The van der Waals surface area contributed by atoms with Gasteiger partial charge in [0.05, 0.1) is 13.0 Å². The van der Waals surface area contributed by atoms with Gasteiger partial charge in [-0.25, -0.2) is 0 Å². The smallest absolute Gasteiger partial charge is 0.309 e. The summed E-state index contributed by atoms with van der Waals surface area (Å²) in [6.07, 6.45) is 2.49. The van der Waals surface area contributed by atoms with Crippen LogP contribution in [0.1, 0.15) is 33.6 Å². The topological polar surface area (TPSA) is 29.5 Å². The second-order valence-electron chi connectivity index (χ2n) is 4.90. The molecule has 0 aromatic carbocycles. The highest BCUT2D eigenvalue weighted by Gasteiger charge is 2.26. The average molecular weight is 213 g/mol. The van der Waals surface area contributed by atoms with Crippen LogP contribution in [0.25, 0.3) is 0 Å². The number of hydrogen-bond acceptors (Lipinski definition) is 3. The molecule has 0 spiro atoms. The molecule has 88 valence electrons. The molecule has 0 radical (unpaired) electrons. The Kier molecular flexibility index (Phi) is 4.58. The zero-order chi connectivity index (χ0) is 11.4. The van der Waals surface area contributed by atoms with Gasteiger partial charge in [-0.2, -0.15) is 0 Å². The lowest BCUT2D eigenvalue weighted by Crippen LogP contribution is -2.43. The number of hydrogen-bond donors (Lipinski definition) is 0. The monoisotopic (exact) mass is 213 g/mol. The number of piperidine rings is 1. The second-order valence-corrected chi connectivity index (χ2v) is 4.90. The van der Waals surface area contributed by atoms with E-state index in [1.54, 1.807) is 0 Å². The fourth-order valence-corrected chi connectivity index (χ4v) is 2.35. The molecule has 1 saturated heterocycles. The lowest BCUT2D eigenvalue weighted by molar-refractivity contribution is -0.145. The first-order valence-electron chi connectivity index (χ1n) is 5.86. The maximum atomic E-state index is 11.3. The van der Waals surface area contributed by atoms with E-state index < -0.39 is 0 Å². The number of carbonyl (C=O) groups is 1. The molecule has 1 fully saturated rings. The minimum absolute atomic E-state index is 0.00847. The van der Waals surface area contributed by atoms with Gasteiger partial charge in [-0.15, -0.1) is 0 Å². The average Bonchev–Trinajstić information content (AvgIpc) is 2.20. The van der Waals surface area contributed by atoms with E-state index in [1.807, 2.05) is 6.92 Å². The van der Waals surface area contributed by atoms with E-state index in [9.17, 15) is 4.79 Å². The Morgan fingerprint density at radius 2 is 2.20 bits per heavy atom. The predicted octanol–water partition coefficient (Wildman–Crippen LogP) is 1.92. The largest absolute Gasteiger partial charge is 0.469 e. The Bertz CT molecular complexity index is 218. The van der Waals surface area contributed by atoms with Gasteiger partial charge in [-0.3, -0.25) is 9.69 Å². The molecule has 3 unspecified atom stereocenters. The minimum Gasteiger partial charge on any atom is -0.469 e. The van der Waals surface area contributed by atoms with E-state index >= 15 is 0 Å². The van der Waals surface area contributed by atoms with Crippen molar-refractivity contribution in [3.8, 4) is 0 Å². The summed E-state index contributed by atoms with van der Waals surface area (Å²) in [6, 6.07) is 0.598. The van der Waals surface area contributed by atoms with Crippen molar-refractivity contribution in [3.05, 3.63) is 0 Å². The van der Waals surface area contributed by atoms with Crippen molar-refractivity contribution in [2.75, 3.05) is 20.2 Å². The molecule has 3 nitrogen and oxygen atoms in total. The Hall–Kier alpha value is -0.570. The van der Waals surface area contributed by atoms with E-state index in [4.69, 9.17) is 4.74 Å². The summed E-state index contributed by atoms with van der Waals surface area (Å²) in [4.78, 5) is 13.7. The van der Waals surface area contributed by atoms with Crippen molar-refractivity contribution in [3.63, 3.8) is 0 Å². The van der Waals surface area contributed by atoms with Gasteiger partial charge in [0.25, 0.3) is 0 Å². The highest BCUT2D eigenvalue weighted by Crippen LogP contribution is 2.22. The molecule has 3 heteroatoms. The molecule has 0 aromatic rings. The van der Waals surface area contributed by atoms with Crippen LogP contribution >= 0.6 is 0 Å². The Balaban J connectivity index is 2.41. The highest BCUT2D eigenvalue weighted by molar-refractivity contribution is 5.72. The van der Waals surface area contributed by atoms with Crippen LogP contribution in [0, 0.1) is 11.8 Å². The quantitative estimate of drug-likeness (QED) is 0.671. The number of carbonyl (C=O) groups excluding carboxylic acids is 1. The van der Waals surface area contributed by atoms with Crippen molar-refractivity contribution in [1.29, 1.82) is 0 Å². The lowest BCUT2D eigenvalue weighted by Gasteiger charge is -2.37. The summed E-state index contributed by atoms with van der Waals surface area (Å²) in [7, 11) is 1.46. The van der Waals surface area contributed by atoms with E-state index in [0.29, 0.717) is 6.04 Å². The van der Waals surface area contributed by atoms with Crippen LogP contribution in [0.2, 0.25) is 0 Å². The standard InChI is InChI=1S/C12H23NO2/c1-9-5-6-13(11(3)7-9)8-10(2)12(14)15-4/h9-11H,5-8H2,1-4H3. The first-order chi connectivity index (χ1) is 7.04. The normalized spacial score (nSPS) is 29.9. The van der Waals surface area contributed by atoms with Gasteiger partial charge in [0.1, 0.15) is 0 Å². The Morgan fingerprint density at radius 3 is 2.73 bits per heavy atom. The van der Waals surface area contributed by atoms with Crippen molar-refractivity contribution >= 4 is 5.97 Å². The summed E-state index contributed by atoms with van der Waals surface area (Å²) >= 11 is 0. The number of esters is 1. The molecule has 0 saturated carbocycles. The summed E-state index contributed by atoms with van der Waals surface area (Å²) < 4.78 is 4.74. The van der Waals surface area contributed by atoms with Crippen LogP contribution in [0.15, 0.2) is 0 Å². The third-order valence-corrected chi connectivity index (χ3v) is 3.39. The first kappa shape index (κ1) is 12.5. The highest BCUT2D eigenvalue weighted by atomic mass is 16.5. The SMILES string of the molecule is COC(=O)C(C)CN1CCC(C)CC1C. The number of methoxy groups -OCH3 is 1. The summed E-state index contributed by atoms with van der Waals surface area (Å²) in [5, 5.41) is 0. The molecule has 0 aromatic heterocycles. The van der Waals surface area contributed by atoms with Crippen molar-refractivity contribution in [2.24, 2.45) is 11.8 Å². The summed E-state index contributed by atoms with van der Waals surface area (Å²) in [6.45, 7) is 8.44. The molecule has 0 amide bonds. The van der Waals surface area contributed by atoms with E-state index in [1.165, 1.54) is 20.0 Å². The van der Waals surface area contributed by atoms with Crippen LogP contribution in [-0.4, -0.2) is 37.1 Å². The molecule has 1 aliphatic heterocycles. The fourth-order valence-electron chi connectivity index (χ4n) is 2.35. The second kappa shape index (κ2) is 5.50. The van der Waals surface area contributed by atoms with E-state index in [-0.39, 0.29) is 11.9 Å². The zero-order valence-electron chi connectivity index (χ0n) is 10.3. The summed E-state index contributed by atoms with van der Waals surface area (Å²) in [5.74, 6) is 0.719. The van der Waals surface area contributed by atoms with Gasteiger partial charge in [-0.1, -0.05) is 13.8 Å². The molecule has 1 aliphatic rings. The zero-order valence-corrected chi connectivity index (χ0v) is 10.3. The molecule has 1 heterocycles. The van der Waals surface area contributed by atoms with E-state index in [2.05, 4.69) is 18.7 Å². The van der Waals surface area contributed by atoms with Crippen LogP contribution in [0.5, 0.6) is 0 Å². The molecule has 0 aliphatic carbocycles. The number of ether oxygens (including phenoxy) is 1. The molecule has 0 N–H and O–H groups in total. The van der Waals surface area contributed by atoms with Gasteiger partial charge in [0.2, 0.25) is 0 Å². The molecule has 15 heavy (non-hydrogen) atoms. The number of rotatable bonds is 3. The van der Waals surface area contributed by atoms with Crippen molar-refractivity contribution in [1.82, 2.24) is 4.90 Å². The molecular formula is C12H23NO2. The van der Waals surface area contributed by atoms with Crippen LogP contribution in [0.3, 0.4) is 0 Å². The summed E-state index contributed by atoms with van der Waals surface area (Å²) in [5.41, 5.74) is 0. The Labute approximate surface area is 92.8 Å². The fraction of sp³-hybridized carbons (Fsp3) is 0.917. The van der Waals surface area contributed by atoms with Crippen LogP contribution < -0.4 is 0 Å². The molecule has 3 atom stereocenters. The third kappa shape index (κ3) is 3.49. The van der Waals surface area contributed by atoms with Gasteiger partial charge in [0.15, 0.2) is 0 Å². The van der Waals surface area contributed by atoms with Crippen LogP contribution in [0.4, 0.5) is 0 Å². The number of nitrogens with zero attached hydrogens (tertiary/aromatic N) is 1. The van der Waals surface area contributed by atoms with Gasteiger partial charge in [-0.05, 0) is 32.2 Å². The Morgan fingerprint density at radius 1 is 1.53 bits per heavy atom. The predicted molar refractivity (Wildman–Crippen MR) is 60.6 cm³/mol. The maximum Gasteiger partial charge on any atom is 0.309 e. The third-order valence-electron chi connectivity index (χ3n) is 3.39. The van der Waals surface area contributed by atoms with Gasteiger partial charge >= 0.3 is 5.97 Å². The first-order valence-corrected chi connectivity index (χ1v) is 5.86. The van der Waals surface area contributed by atoms with Crippen molar-refractivity contribution < 1.29 is 9.53 Å².